The van der Waals surface area contributed by atoms with Crippen molar-refractivity contribution < 1.29 is 0 Å². The third-order valence-electron chi connectivity index (χ3n) is 3.11. The average molecular weight is 272 g/mol. The molecule has 0 aliphatic carbocycles. The summed E-state index contributed by atoms with van der Waals surface area (Å²) >= 11 is 5.84. The van der Waals surface area contributed by atoms with Gasteiger partial charge in [-0.05, 0) is 7.05 Å². The molecule has 0 spiro atoms. The summed E-state index contributed by atoms with van der Waals surface area (Å²) in [7, 11) is 2.13. The van der Waals surface area contributed by atoms with E-state index in [4.69, 9.17) is 11.6 Å². The Bertz CT molecular complexity index is 441. The number of anilines is 1. The number of piperazine rings is 1. The largest absolute Gasteiger partial charge is 0.367 e. The second-order valence-corrected chi connectivity index (χ2v) is 4.84. The van der Waals surface area contributed by atoms with Crippen LogP contribution in [-0.2, 0) is 0 Å². The number of aromatic nitrogens is 2. The Morgan fingerprint density at radius 2 is 2.17 bits per heavy atom. The molecule has 0 aromatic carbocycles. The van der Waals surface area contributed by atoms with Crippen LogP contribution in [0.25, 0.3) is 0 Å². The van der Waals surface area contributed by atoms with Crippen molar-refractivity contribution in [1.29, 1.82) is 0 Å². The maximum Gasteiger partial charge on any atom is 0.271 e. The summed E-state index contributed by atoms with van der Waals surface area (Å²) in [4.78, 5) is 22.4. The first-order chi connectivity index (χ1) is 8.66. The van der Waals surface area contributed by atoms with Crippen LogP contribution in [0.4, 0.5) is 5.82 Å². The quantitative estimate of drug-likeness (QED) is 0.812. The van der Waals surface area contributed by atoms with Gasteiger partial charge in [0.25, 0.3) is 5.56 Å². The molecule has 1 aromatic rings. The fourth-order valence-electron chi connectivity index (χ4n) is 1.91. The topological polar surface area (TPSA) is 64.3 Å². The van der Waals surface area contributed by atoms with E-state index in [0.29, 0.717) is 5.82 Å². The van der Waals surface area contributed by atoms with Crippen LogP contribution in [-0.4, -0.2) is 66.1 Å². The van der Waals surface area contributed by atoms with Gasteiger partial charge < -0.3 is 15.2 Å². The van der Waals surface area contributed by atoms with Gasteiger partial charge in [0, 0.05) is 39.3 Å². The summed E-state index contributed by atoms with van der Waals surface area (Å²) < 4.78 is 0. The van der Waals surface area contributed by atoms with Crippen LogP contribution in [0.15, 0.2) is 11.1 Å². The molecule has 18 heavy (non-hydrogen) atoms. The normalized spacial score (nSPS) is 17.9. The molecule has 0 saturated carbocycles. The minimum atomic E-state index is -0.311. The van der Waals surface area contributed by atoms with Crippen LogP contribution in [0.1, 0.15) is 0 Å². The highest BCUT2D eigenvalue weighted by molar-refractivity contribution is 6.32. The molecule has 100 valence electrons. The lowest BCUT2D eigenvalue weighted by Crippen LogP contribution is -2.45. The number of halogens is 1. The van der Waals surface area contributed by atoms with Crippen molar-refractivity contribution in [3.05, 3.63) is 21.7 Å². The SMILES string of the molecule is CN1CCN(CCNc2nc[nH]c(=O)c2Cl)CC1. The van der Waals surface area contributed by atoms with Crippen molar-refractivity contribution in [2.24, 2.45) is 0 Å². The van der Waals surface area contributed by atoms with Gasteiger partial charge >= 0.3 is 0 Å². The van der Waals surface area contributed by atoms with E-state index in [-0.39, 0.29) is 10.6 Å². The predicted octanol–water partition coefficient (Wildman–Crippen LogP) is 0.0826. The first kappa shape index (κ1) is 13.3. The number of nitrogens with one attached hydrogen (secondary N) is 2. The highest BCUT2D eigenvalue weighted by atomic mass is 35.5. The Balaban J connectivity index is 1.78. The van der Waals surface area contributed by atoms with Gasteiger partial charge in [-0.3, -0.25) is 9.69 Å². The molecule has 6 nitrogen and oxygen atoms in total. The third-order valence-corrected chi connectivity index (χ3v) is 3.46. The Kier molecular flexibility index (Phi) is 4.57. The Hall–Kier alpha value is -1.11. The molecule has 1 fully saturated rings. The van der Waals surface area contributed by atoms with Crippen molar-refractivity contribution in [3.8, 4) is 0 Å². The molecule has 1 saturated heterocycles. The number of aromatic amines is 1. The zero-order valence-corrected chi connectivity index (χ0v) is 11.2. The molecule has 1 aliphatic rings. The second kappa shape index (κ2) is 6.17. The van der Waals surface area contributed by atoms with Crippen LogP contribution in [0.2, 0.25) is 5.02 Å². The average Bonchev–Trinajstić information content (AvgIpc) is 2.37. The molecule has 2 heterocycles. The zero-order chi connectivity index (χ0) is 13.0. The van der Waals surface area contributed by atoms with Crippen LogP contribution in [0.3, 0.4) is 0 Å². The standard InChI is InChI=1S/C11H18ClN5O/c1-16-4-6-17(7-5-16)3-2-13-10-9(12)11(18)15-8-14-10/h8H,2-7H2,1H3,(H2,13,14,15,18). The van der Waals surface area contributed by atoms with Crippen molar-refractivity contribution in [3.63, 3.8) is 0 Å². The van der Waals surface area contributed by atoms with E-state index in [1.165, 1.54) is 6.33 Å². The van der Waals surface area contributed by atoms with E-state index in [1.54, 1.807) is 0 Å². The molecule has 7 heteroatoms. The van der Waals surface area contributed by atoms with E-state index in [1.807, 2.05) is 0 Å². The Morgan fingerprint density at radius 1 is 1.44 bits per heavy atom. The van der Waals surface area contributed by atoms with Crippen LogP contribution >= 0.6 is 11.6 Å². The summed E-state index contributed by atoms with van der Waals surface area (Å²) in [6.07, 6.45) is 1.35. The van der Waals surface area contributed by atoms with Crippen LogP contribution < -0.4 is 10.9 Å². The number of likely N-dealkylation sites (N-methyl/N-ethyl adjacent to an activating group) is 1. The van der Waals surface area contributed by atoms with Gasteiger partial charge in [-0.15, -0.1) is 0 Å². The summed E-state index contributed by atoms with van der Waals surface area (Å²) in [5, 5.41) is 3.22. The van der Waals surface area contributed by atoms with E-state index < -0.39 is 0 Å². The second-order valence-electron chi connectivity index (χ2n) is 4.47. The van der Waals surface area contributed by atoms with Gasteiger partial charge in [-0.1, -0.05) is 11.6 Å². The fraction of sp³-hybridized carbons (Fsp3) is 0.636. The van der Waals surface area contributed by atoms with Gasteiger partial charge in [0.05, 0.1) is 6.33 Å². The van der Waals surface area contributed by atoms with Crippen LogP contribution in [0, 0.1) is 0 Å². The van der Waals surface area contributed by atoms with Gasteiger partial charge in [-0.25, -0.2) is 4.98 Å². The fourth-order valence-corrected chi connectivity index (χ4v) is 2.08. The smallest absolute Gasteiger partial charge is 0.271 e. The number of rotatable bonds is 4. The molecule has 0 radical (unpaired) electrons. The number of hydrogen-bond acceptors (Lipinski definition) is 5. The summed E-state index contributed by atoms with van der Waals surface area (Å²) in [6.45, 7) is 6.02. The predicted molar refractivity (Wildman–Crippen MR) is 72.3 cm³/mol. The number of hydrogen-bond donors (Lipinski definition) is 2. The molecule has 1 aromatic heterocycles. The monoisotopic (exact) mass is 271 g/mol. The molecule has 0 unspecified atom stereocenters. The molecule has 2 N–H and O–H groups in total. The van der Waals surface area contributed by atoms with Crippen molar-refractivity contribution in [2.75, 3.05) is 51.6 Å². The van der Waals surface area contributed by atoms with Crippen LogP contribution in [0.5, 0.6) is 0 Å². The molecule has 0 amide bonds. The van der Waals surface area contributed by atoms with Crippen molar-refractivity contribution in [1.82, 2.24) is 19.8 Å². The highest BCUT2D eigenvalue weighted by Gasteiger charge is 2.13. The Morgan fingerprint density at radius 3 is 2.89 bits per heavy atom. The molecular formula is C11H18ClN5O. The summed E-state index contributed by atoms with van der Waals surface area (Å²) in [5.74, 6) is 0.453. The Labute approximate surface area is 111 Å². The number of nitrogens with zero attached hydrogens (tertiary/aromatic N) is 3. The zero-order valence-electron chi connectivity index (χ0n) is 10.4. The molecule has 2 rings (SSSR count). The minimum Gasteiger partial charge on any atom is -0.367 e. The van der Waals surface area contributed by atoms with Gasteiger partial charge in [0.2, 0.25) is 0 Å². The van der Waals surface area contributed by atoms with Gasteiger partial charge in [0.15, 0.2) is 5.82 Å². The van der Waals surface area contributed by atoms with Gasteiger partial charge in [-0.2, -0.15) is 0 Å². The van der Waals surface area contributed by atoms with Crippen molar-refractivity contribution in [2.45, 2.75) is 0 Å². The maximum atomic E-state index is 11.3. The maximum absolute atomic E-state index is 11.3. The lowest BCUT2D eigenvalue weighted by atomic mass is 10.3. The van der Waals surface area contributed by atoms with Gasteiger partial charge in [0.1, 0.15) is 5.02 Å². The summed E-state index contributed by atoms with van der Waals surface area (Å²) in [5.41, 5.74) is -0.311. The first-order valence-corrected chi connectivity index (χ1v) is 6.42. The summed E-state index contributed by atoms with van der Waals surface area (Å²) in [6, 6.07) is 0. The highest BCUT2D eigenvalue weighted by Crippen LogP contribution is 2.11. The first-order valence-electron chi connectivity index (χ1n) is 6.05. The lowest BCUT2D eigenvalue weighted by Gasteiger charge is -2.32. The van der Waals surface area contributed by atoms with E-state index >= 15 is 0 Å². The molecule has 0 atom stereocenters. The third kappa shape index (κ3) is 3.44. The van der Waals surface area contributed by atoms with E-state index in [0.717, 1.165) is 39.3 Å². The van der Waals surface area contributed by atoms with E-state index in [9.17, 15) is 4.79 Å². The number of H-pyrrole nitrogens is 1. The molecule has 0 bridgehead atoms. The minimum absolute atomic E-state index is 0.121. The molecule has 1 aliphatic heterocycles. The lowest BCUT2D eigenvalue weighted by molar-refractivity contribution is 0.158. The molecular weight excluding hydrogens is 254 g/mol. The van der Waals surface area contributed by atoms with E-state index in [2.05, 4.69) is 32.1 Å². The van der Waals surface area contributed by atoms with Crippen molar-refractivity contribution >= 4 is 17.4 Å².